The van der Waals surface area contributed by atoms with Crippen LogP contribution in [0.15, 0.2) is 36.7 Å². The minimum Gasteiger partial charge on any atom is -0.406 e. The van der Waals surface area contributed by atoms with Gasteiger partial charge in [-0.1, -0.05) is 19.4 Å². The van der Waals surface area contributed by atoms with Crippen molar-refractivity contribution in [2.45, 2.75) is 26.6 Å². The third-order valence-corrected chi connectivity index (χ3v) is 5.29. The third-order valence-electron chi connectivity index (χ3n) is 5.29. The minimum absolute atomic E-state index is 0.263. The first kappa shape index (κ1) is 25.8. The molecule has 0 N–H and O–H groups in total. The number of nitrogens with zero attached hydrogens (tertiary/aromatic N) is 5. The van der Waals surface area contributed by atoms with Crippen molar-refractivity contribution in [3.05, 3.63) is 42.2 Å². The Morgan fingerprint density at radius 1 is 1.17 bits per heavy atom. The van der Waals surface area contributed by atoms with Crippen LogP contribution in [0.5, 0.6) is 5.75 Å². The molecule has 1 aliphatic rings. The fraction of sp³-hybridized carbons (Fsp3) is 0.375. The summed E-state index contributed by atoms with van der Waals surface area (Å²) in [5, 5.41) is 0. The highest BCUT2D eigenvalue weighted by atomic mass is 19.4. The monoisotopic (exact) mass is 491 g/mol. The fourth-order valence-corrected chi connectivity index (χ4v) is 3.59. The fourth-order valence-electron chi connectivity index (χ4n) is 3.59. The molecule has 3 rings (SSSR count). The predicted octanol–water partition coefficient (Wildman–Crippen LogP) is 4.29. The van der Waals surface area contributed by atoms with E-state index in [0.717, 1.165) is 0 Å². The number of anilines is 2. The molecular weight excluding hydrogens is 466 g/mol. The summed E-state index contributed by atoms with van der Waals surface area (Å²) in [5.74, 6) is 1.80. The Labute approximate surface area is 201 Å². The Morgan fingerprint density at radius 2 is 1.80 bits per heavy atom. The van der Waals surface area contributed by atoms with Crippen molar-refractivity contribution in [3.8, 4) is 29.0 Å². The molecule has 0 aliphatic carbocycles. The van der Waals surface area contributed by atoms with E-state index in [1.807, 2.05) is 18.7 Å². The topological polar surface area (TPSA) is 61.8 Å². The molecule has 35 heavy (non-hydrogen) atoms. The number of alkyl halides is 3. The van der Waals surface area contributed by atoms with Gasteiger partial charge in [-0.3, -0.25) is 9.69 Å². The van der Waals surface area contributed by atoms with Crippen molar-refractivity contribution in [2.24, 2.45) is 0 Å². The van der Waals surface area contributed by atoms with Gasteiger partial charge in [-0.05, 0) is 31.2 Å². The standard InChI is InChI=1S/C24H25F4N5O2/c1-5-6-11-31(4)21-16(2)20(18-7-9-19(10-8-18)35-24(26,27)28)29-23(30-21)33-14-12-32(13-15-33)22(34)17(3)25/h7-10H,3,5,12-15H2,1-2,4H3. The number of halogens is 4. The minimum atomic E-state index is -4.79. The van der Waals surface area contributed by atoms with Crippen LogP contribution in [-0.4, -0.2) is 60.4 Å². The van der Waals surface area contributed by atoms with E-state index in [2.05, 4.69) is 33.2 Å². The van der Waals surface area contributed by atoms with Gasteiger partial charge in [0.1, 0.15) is 11.6 Å². The molecule has 1 aromatic carbocycles. The highest BCUT2D eigenvalue weighted by molar-refractivity contribution is 5.90. The van der Waals surface area contributed by atoms with Gasteiger partial charge in [-0.2, -0.15) is 4.98 Å². The van der Waals surface area contributed by atoms with Gasteiger partial charge in [0, 0.05) is 56.8 Å². The molecule has 2 aromatic rings. The largest absolute Gasteiger partial charge is 0.573 e. The molecule has 7 nitrogen and oxygen atoms in total. The molecular formula is C24H25F4N5O2. The van der Waals surface area contributed by atoms with Crippen molar-refractivity contribution in [2.75, 3.05) is 43.0 Å². The molecule has 1 amide bonds. The van der Waals surface area contributed by atoms with E-state index in [0.29, 0.717) is 48.1 Å². The maximum Gasteiger partial charge on any atom is 0.573 e. The number of amides is 1. The normalized spacial score (nSPS) is 13.7. The van der Waals surface area contributed by atoms with Gasteiger partial charge in [0.05, 0.1) is 5.69 Å². The van der Waals surface area contributed by atoms with Crippen LogP contribution in [0.3, 0.4) is 0 Å². The maximum atomic E-state index is 13.2. The zero-order valence-electron chi connectivity index (χ0n) is 19.6. The number of hydrogen-bond acceptors (Lipinski definition) is 6. The number of ether oxygens (including phenoxy) is 1. The first-order valence-electron chi connectivity index (χ1n) is 10.9. The summed E-state index contributed by atoms with van der Waals surface area (Å²) in [6, 6.07) is 8.42. The highest BCUT2D eigenvalue weighted by Crippen LogP contribution is 2.32. The average molecular weight is 491 g/mol. The van der Waals surface area contributed by atoms with Crippen LogP contribution in [0.25, 0.3) is 11.3 Å². The number of aromatic nitrogens is 2. The van der Waals surface area contributed by atoms with Gasteiger partial charge in [0.25, 0.3) is 5.91 Å². The summed E-state index contributed by atoms with van der Waals surface area (Å²) in [5.41, 5.74) is 1.78. The van der Waals surface area contributed by atoms with Crippen LogP contribution >= 0.6 is 0 Å². The van der Waals surface area contributed by atoms with E-state index in [9.17, 15) is 22.4 Å². The summed E-state index contributed by atoms with van der Waals surface area (Å²) < 4.78 is 54.8. The number of rotatable bonds is 5. The zero-order valence-corrected chi connectivity index (χ0v) is 19.6. The van der Waals surface area contributed by atoms with Gasteiger partial charge in [-0.15, -0.1) is 13.2 Å². The van der Waals surface area contributed by atoms with Crippen LogP contribution < -0.4 is 14.5 Å². The van der Waals surface area contributed by atoms with Gasteiger partial charge in [0.15, 0.2) is 5.83 Å². The van der Waals surface area contributed by atoms with Crippen molar-refractivity contribution in [1.29, 1.82) is 0 Å². The average Bonchev–Trinajstić information content (AvgIpc) is 2.82. The first-order valence-corrected chi connectivity index (χ1v) is 10.9. The lowest BCUT2D eigenvalue weighted by Crippen LogP contribution is -2.49. The predicted molar refractivity (Wildman–Crippen MR) is 124 cm³/mol. The maximum absolute atomic E-state index is 13.2. The molecule has 1 saturated heterocycles. The zero-order chi connectivity index (χ0) is 25.8. The third kappa shape index (κ3) is 6.41. The summed E-state index contributed by atoms with van der Waals surface area (Å²) in [4.78, 5) is 26.1. The number of carbonyl (C=O) groups excluding carboxylic acids is 1. The van der Waals surface area contributed by atoms with Crippen LogP contribution in [0.1, 0.15) is 18.9 Å². The molecule has 1 aromatic heterocycles. The summed E-state index contributed by atoms with van der Waals surface area (Å²) >= 11 is 0. The van der Waals surface area contributed by atoms with Crippen LogP contribution in [0.2, 0.25) is 0 Å². The Morgan fingerprint density at radius 3 is 2.34 bits per heavy atom. The van der Waals surface area contributed by atoms with Crippen LogP contribution in [-0.2, 0) is 4.79 Å². The quantitative estimate of drug-likeness (QED) is 0.269. The summed E-state index contributed by atoms with van der Waals surface area (Å²) in [7, 11) is 1.76. The summed E-state index contributed by atoms with van der Waals surface area (Å²) in [6.45, 7) is 8.04. The molecule has 0 radical (unpaired) electrons. The SMILES string of the molecule is C=C(F)C(=O)N1CCN(c2nc(-c3ccc(OC(F)(F)F)cc3)c(C)c(N(C)C#CCC)n2)CC1. The lowest BCUT2D eigenvalue weighted by molar-refractivity contribution is -0.274. The second-order valence-electron chi connectivity index (χ2n) is 7.78. The molecule has 1 fully saturated rings. The van der Waals surface area contributed by atoms with Crippen molar-refractivity contribution in [3.63, 3.8) is 0 Å². The second-order valence-corrected chi connectivity index (χ2v) is 7.78. The van der Waals surface area contributed by atoms with E-state index in [1.54, 1.807) is 11.9 Å². The molecule has 11 heteroatoms. The van der Waals surface area contributed by atoms with Crippen molar-refractivity contribution >= 4 is 17.7 Å². The van der Waals surface area contributed by atoms with E-state index < -0.39 is 18.1 Å². The number of benzene rings is 1. The van der Waals surface area contributed by atoms with Crippen molar-refractivity contribution in [1.82, 2.24) is 14.9 Å². The van der Waals surface area contributed by atoms with Crippen LogP contribution in [0, 0.1) is 18.9 Å². The van der Waals surface area contributed by atoms with Gasteiger partial charge >= 0.3 is 6.36 Å². The van der Waals surface area contributed by atoms with E-state index in [1.165, 1.54) is 29.2 Å². The molecule has 1 aliphatic heterocycles. The molecule has 0 unspecified atom stereocenters. The lowest BCUT2D eigenvalue weighted by Gasteiger charge is -2.35. The second kappa shape index (κ2) is 10.6. The number of carbonyl (C=O) groups is 1. The Bertz CT molecular complexity index is 1150. The summed E-state index contributed by atoms with van der Waals surface area (Å²) in [6.07, 6.45) is -4.14. The number of piperazine rings is 1. The Balaban J connectivity index is 1.97. The molecule has 0 atom stereocenters. The Kier molecular flexibility index (Phi) is 7.84. The van der Waals surface area contributed by atoms with Crippen molar-refractivity contribution < 1.29 is 27.1 Å². The first-order chi connectivity index (χ1) is 16.5. The van der Waals surface area contributed by atoms with E-state index >= 15 is 0 Å². The highest BCUT2D eigenvalue weighted by Gasteiger charge is 2.31. The lowest BCUT2D eigenvalue weighted by atomic mass is 10.1. The van der Waals surface area contributed by atoms with Gasteiger partial charge in [0.2, 0.25) is 5.95 Å². The smallest absolute Gasteiger partial charge is 0.406 e. The molecule has 186 valence electrons. The van der Waals surface area contributed by atoms with E-state index in [-0.39, 0.29) is 18.8 Å². The van der Waals surface area contributed by atoms with Gasteiger partial charge < -0.3 is 14.5 Å². The van der Waals surface area contributed by atoms with E-state index in [4.69, 9.17) is 0 Å². The van der Waals surface area contributed by atoms with Crippen LogP contribution in [0.4, 0.5) is 29.3 Å². The van der Waals surface area contributed by atoms with Gasteiger partial charge in [-0.25, -0.2) is 9.37 Å². The molecule has 0 spiro atoms. The number of hydrogen-bond donors (Lipinski definition) is 0. The molecule has 0 saturated carbocycles. The Hall–Kier alpha value is -3.81. The molecule has 2 heterocycles. The molecule has 0 bridgehead atoms.